The lowest BCUT2D eigenvalue weighted by molar-refractivity contribution is 1.06. The molecule has 2 heterocycles. The van der Waals surface area contributed by atoms with Gasteiger partial charge in [-0.15, -0.1) is 11.6 Å². The van der Waals surface area contributed by atoms with Gasteiger partial charge in [0.05, 0.1) is 11.6 Å². The fourth-order valence-corrected chi connectivity index (χ4v) is 1.36. The van der Waals surface area contributed by atoms with Gasteiger partial charge in [0, 0.05) is 24.0 Å². The van der Waals surface area contributed by atoms with Gasteiger partial charge < -0.3 is 4.98 Å². The number of nitrogens with one attached hydrogen (secondary N) is 1. The minimum absolute atomic E-state index is 0.201. The summed E-state index contributed by atoms with van der Waals surface area (Å²) in [6.07, 6.45) is 3.28. The zero-order chi connectivity index (χ0) is 10.7. The van der Waals surface area contributed by atoms with Crippen LogP contribution in [0, 0.1) is 0 Å². The number of aromatic nitrogens is 3. The van der Waals surface area contributed by atoms with Crippen LogP contribution in [0.5, 0.6) is 0 Å². The molecule has 0 aliphatic rings. The molecule has 0 bridgehead atoms. The Hall–Kier alpha value is -1.68. The molecule has 0 atom stereocenters. The minimum atomic E-state index is -0.201. The third-order valence-corrected chi connectivity index (χ3v) is 2.16. The third-order valence-electron chi connectivity index (χ3n) is 1.89. The van der Waals surface area contributed by atoms with Gasteiger partial charge in [-0.3, -0.25) is 9.78 Å². The largest absolute Gasteiger partial charge is 0.307 e. The summed E-state index contributed by atoms with van der Waals surface area (Å²) in [5.41, 5.74) is 1.17. The van der Waals surface area contributed by atoms with Gasteiger partial charge in [0.25, 0.3) is 5.56 Å². The number of halogens is 1. The standard InChI is InChI=1S/C10H8ClN3O/c11-6-8-5-9(15)14-10(13-8)7-1-3-12-4-2-7/h1-5H,6H2,(H,13,14,15). The summed E-state index contributed by atoms with van der Waals surface area (Å²) >= 11 is 5.63. The molecule has 0 spiro atoms. The topological polar surface area (TPSA) is 58.6 Å². The second-order valence-electron chi connectivity index (χ2n) is 2.95. The first-order chi connectivity index (χ1) is 7.29. The maximum absolute atomic E-state index is 11.3. The molecule has 0 fully saturated rings. The first-order valence-electron chi connectivity index (χ1n) is 4.36. The van der Waals surface area contributed by atoms with Gasteiger partial charge >= 0.3 is 0 Å². The van der Waals surface area contributed by atoms with Gasteiger partial charge in [-0.2, -0.15) is 0 Å². The molecular formula is C10H8ClN3O. The molecule has 0 saturated heterocycles. The smallest absolute Gasteiger partial charge is 0.251 e. The van der Waals surface area contributed by atoms with Crippen molar-refractivity contribution >= 4 is 11.6 Å². The van der Waals surface area contributed by atoms with Crippen molar-refractivity contribution in [2.45, 2.75) is 5.88 Å². The highest BCUT2D eigenvalue weighted by Crippen LogP contribution is 2.11. The first kappa shape index (κ1) is 9.86. The van der Waals surface area contributed by atoms with Crippen molar-refractivity contribution in [2.75, 3.05) is 0 Å². The normalized spacial score (nSPS) is 10.2. The van der Waals surface area contributed by atoms with Crippen molar-refractivity contribution in [1.82, 2.24) is 15.0 Å². The lowest BCUT2D eigenvalue weighted by Gasteiger charge is -2.01. The maximum Gasteiger partial charge on any atom is 0.251 e. The third kappa shape index (κ3) is 2.22. The molecule has 5 heteroatoms. The van der Waals surface area contributed by atoms with E-state index in [9.17, 15) is 4.79 Å². The number of hydrogen-bond donors (Lipinski definition) is 1. The number of pyridine rings is 1. The van der Waals surface area contributed by atoms with E-state index in [0.717, 1.165) is 5.56 Å². The quantitative estimate of drug-likeness (QED) is 0.784. The van der Waals surface area contributed by atoms with E-state index >= 15 is 0 Å². The fraction of sp³-hybridized carbons (Fsp3) is 0.100. The summed E-state index contributed by atoms with van der Waals surface area (Å²) < 4.78 is 0. The van der Waals surface area contributed by atoms with Crippen molar-refractivity contribution in [3.05, 3.63) is 46.6 Å². The average Bonchev–Trinajstić information content (AvgIpc) is 2.29. The Balaban J connectivity index is 2.54. The van der Waals surface area contributed by atoms with E-state index < -0.39 is 0 Å². The van der Waals surface area contributed by atoms with Crippen LogP contribution in [0.2, 0.25) is 0 Å². The molecule has 4 nitrogen and oxygen atoms in total. The Morgan fingerprint density at radius 1 is 1.33 bits per heavy atom. The average molecular weight is 222 g/mol. The number of nitrogens with zero attached hydrogens (tertiary/aromatic N) is 2. The molecule has 76 valence electrons. The second kappa shape index (κ2) is 4.23. The highest BCUT2D eigenvalue weighted by atomic mass is 35.5. The number of hydrogen-bond acceptors (Lipinski definition) is 3. The zero-order valence-corrected chi connectivity index (χ0v) is 8.53. The monoisotopic (exact) mass is 221 g/mol. The number of H-pyrrole nitrogens is 1. The Morgan fingerprint density at radius 3 is 2.73 bits per heavy atom. The predicted octanol–water partition coefficient (Wildman–Crippen LogP) is 1.57. The van der Waals surface area contributed by atoms with Gasteiger partial charge in [0.2, 0.25) is 0 Å². The van der Waals surface area contributed by atoms with E-state index in [1.807, 2.05) is 0 Å². The van der Waals surface area contributed by atoms with Crippen LogP contribution in [0.3, 0.4) is 0 Å². The van der Waals surface area contributed by atoms with Crippen molar-refractivity contribution in [3.8, 4) is 11.4 Å². The van der Waals surface area contributed by atoms with E-state index in [2.05, 4.69) is 15.0 Å². The molecule has 15 heavy (non-hydrogen) atoms. The number of rotatable bonds is 2. The van der Waals surface area contributed by atoms with E-state index in [1.54, 1.807) is 24.5 Å². The van der Waals surface area contributed by atoms with E-state index in [1.165, 1.54) is 6.07 Å². The van der Waals surface area contributed by atoms with Crippen LogP contribution in [0.4, 0.5) is 0 Å². The van der Waals surface area contributed by atoms with Gasteiger partial charge in [-0.25, -0.2) is 4.98 Å². The Morgan fingerprint density at radius 2 is 2.07 bits per heavy atom. The molecule has 2 aromatic rings. The highest BCUT2D eigenvalue weighted by Gasteiger charge is 2.02. The van der Waals surface area contributed by atoms with Crippen LogP contribution in [-0.4, -0.2) is 15.0 Å². The second-order valence-corrected chi connectivity index (χ2v) is 3.22. The molecule has 0 amide bonds. The molecule has 0 radical (unpaired) electrons. The van der Waals surface area contributed by atoms with Crippen LogP contribution in [0.1, 0.15) is 5.69 Å². The highest BCUT2D eigenvalue weighted by molar-refractivity contribution is 6.16. The van der Waals surface area contributed by atoms with Crippen LogP contribution in [0.25, 0.3) is 11.4 Å². The summed E-state index contributed by atoms with van der Waals surface area (Å²) in [6, 6.07) is 4.93. The lowest BCUT2D eigenvalue weighted by Crippen LogP contribution is -2.09. The molecule has 0 aromatic carbocycles. The lowest BCUT2D eigenvalue weighted by atomic mass is 10.2. The van der Waals surface area contributed by atoms with Crippen LogP contribution < -0.4 is 5.56 Å². The molecule has 0 aliphatic heterocycles. The number of alkyl halides is 1. The molecule has 0 aliphatic carbocycles. The SMILES string of the molecule is O=c1cc(CCl)nc(-c2ccncc2)[nH]1. The summed E-state index contributed by atoms with van der Waals surface area (Å²) in [5, 5.41) is 0. The van der Waals surface area contributed by atoms with E-state index in [0.29, 0.717) is 11.5 Å². The van der Waals surface area contributed by atoms with Gasteiger partial charge in [-0.05, 0) is 12.1 Å². The fourth-order valence-electron chi connectivity index (χ4n) is 1.22. The maximum atomic E-state index is 11.3. The molecule has 2 rings (SSSR count). The molecule has 0 saturated carbocycles. The van der Waals surface area contributed by atoms with Gasteiger partial charge in [0.1, 0.15) is 5.82 Å². The van der Waals surface area contributed by atoms with Crippen LogP contribution >= 0.6 is 11.6 Å². The Bertz CT molecular complexity index is 510. The Kier molecular flexibility index (Phi) is 2.78. The molecule has 2 aromatic heterocycles. The summed E-state index contributed by atoms with van der Waals surface area (Å²) in [7, 11) is 0. The number of aromatic amines is 1. The summed E-state index contributed by atoms with van der Waals surface area (Å²) in [5.74, 6) is 0.739. The molecule has 1 N–H and O–H groups in total. The minimum Gasteiger partial charge on any atom is -0.307 e. The van der Waals surface area contributed by atoms with Crippen molar-refractivity contribution in [3.63, 3.8) is 0 Å². The van der Waals surface area contributed by atoms with Crippen molar-refractivity contribution in [1.29, 1.82) is 0 Å². The summed E-state index contributed by atoms with van der Waals surface area (Å²) in [6.45, 7) is 0. The van der Waals surface area contributed by atoms with E-state index in [4.69, 9.17) is 11.6 Å². The molecule has 0 unspecified atom stereocenters. The van der Waals surface area contributed by atoms with Gasteiger partial charge in [-0.1, -0.05) is 0 Å². The van der Waals surface area contributed by atoms with Crippen molar-refractivity contribution < 1.29 is 0 Å². The zero-order valence-electron chi connectivity index (χ0n) is 7.77. The van der Waals surface area contributed by atoms with Gasteiger partial charge in [0.15, 0.2) is 0 Å². The molecular weight excluding hydrogens is 214 g/mol. The Labute approximate surface area is 91.0 Å². The van der Waals surface area contributed by atoms with Crippen LogP contribution in [-0.2, 0) is 5.88 Å². The van der Waals surface area contributed by atoms with E-state index in [-0.39, 0.29) is 11.4 Å². The summed E-state index contributed by atoms with van der Waals surface area (Å²) in [4.78, 5) is 22.0. The van der Waals surface area contributed by atoms with Crippen molar-refractivity contribution in [2.24, 2.45) is 0 Å². The first-order valence-corrected chi connectivity index (χ1v) is 4.89. The van der Waals surface area contributed by atoms with Crippen LogP contribution in [0.15, 0.2) is 35.4 Å². The predicted molar refractivity (Wildman–Crippen MR) is 57.6 cm³/mol.